The summed E-state index contributed by atoms with van der Waals surface area (Å²) in [5.74, 6) is 0.150. The monoisotopic (exact) mass is 324 g/mol. The third-order valence-electron chi connectivity index (χ3n) is 3.57. The number of para-hydroxylation sites is 1. The molecule has 3 aromatic rings. The molecule has 0 aliphatic carbocycles. The zero-order valence-corrected chi connectivity index (χ0v) is 13.4. The molecule has 0 fully saturated rings. The molecule has 0 amide bonds. The number of methoxy groups -OCH3 is 1. The molecule has 7 heteroatoms. The SMILES string of the molecule is C=CCOC(=O)c1nnc2c(-c3ccccc3OC)cnn2c1C. The first-order chi connectivity index (χ1) is 11.7. The van der Waals surface area contributed by atoms with Gasteiger partial charge >= 0.3 is 5.97 Å². The summed E-state index contributed by atoms with van der Waals surface area (Å²) in [7, 11) is 1.61. The van der Waals surface area contributed by atoms with Gasteiger partial charge in [-0.15, -0.1) is 10.2 Å². The number of aromatic nitrogens is 4. The summed E-state index contributed by atoms with van der Waals surface area (Å²) in [6.45, 7) is 5.37. The number of ether oxygens (including phenoxy) is 2. The van der Waals surface area contributed by atoms with Crippen LogP contribution in [0, 0.1) is 6.92 Å². The second-order valence-corrected chi connectivity index (χ2v) is 5.02. The second kappa shape index (κ2) is 6.49. The van der Waals surface area contributed by atoms with E-state index in [4.69, 9.17) is 9.47 Å². The zero-order chi connectivity index (χ0) is 17.1. The van der Waals surface area contributed by atoms with Crippen LogP contribution in [-0.2, 0) is 4.74 Å². The van der Waals surface area contributed by atoms with Crippen molar-refractivity contribution in [1.29, 1.82) is 0 Å². The van der Waals surface area contributed by atoms with Gasteiger partial charge in [0.05, 0.1) is 24.6 Å². The summed E-state index contributed by atoms with van der Waals surface area (Å²) in [5.41, 5.74) is 2.84. The molecule has 7 nitrogen and oxygen atoms in total. The minimum absolute atomic E-state index is 0.115. The molecule has 2 heterocycles. The van der Waals surface area contributed by atoms with E-state index in [0.717, 1.165) is 11.1 Å². The minimum atomic E-state index is -0.559. The molecule has 0 radical (unpaired) electrons. The van der Waals surface area contributed by atoms with Gasteiger partial charge in [-0.3, -0.25) is 0 Å². The minimum Gasteiger partial charge on any atom is -0.496 e. The fraction of sp³-hybridized carbons (Fsp3) is 0.176. The molecule has 0 N–H and O–H groups in total. The van der Waals surface area contributed by atoms with Crippen molar-refractivity contribution in [1.82, 2.24) is 19.8 Å². The lowest BCUT2D eigenvalue weighted by molar-refractivity contribution is 0.0539. The fourth-order valence-corrected chi connectivity index (χ4v) is 2.40. The molecule has 1 aromatic carbocycles. The van der Waals surface area contributed by atoms with Crippen LogP contribution in [0.3, 0.4) is 0 Å². The van der Waals surface area contributed by atoms with Crippen molar-refractivity contribution in [3.63, 3.8) is 0 Å². The van der Waals surface area contributed by atoms with Crippen LogP contribution < -0.4 is 4.74 Å². The Bertz CT molecular complexity index is 917. The standard InChI is InChI=1S/C17H16N4O3/c1-4-9-24-17(22)15-11(2)21-16(20-19-15)13(10-18-21)12-7-5-6-8-14(12)23-3/h4-8,10H,1,9H2,2-3H3. The summed E-state index contributed by atoms with van der Waals surface area (Å²) in [4.78, 5) is 12.0. The lowest BCUT2D eigenvalue weighted by atomic mass is 10.1. The molecular weight excluding hydrogens is 308 g/mol. The Morgan fingerprint density at radius 1 is 1.29 bits per heavy atom. The van der Waals surface area contributed by atoms with Gasteiger partial charge < -0.3 is 9.47 Å². The van der Waals surface area contributed by atoms with E-state index in [2.05, 4.69) is 21.9 Å². The number of esters is 1. The highest BCUT2D eigenvalue weighted by atomic mass is 16.5. The number of rotatable bonds is 5. The normalized spacial score (nSPS) is 10.6. The van der Waals surface area contributed by atoms with E-state index < -0.39 is 5.97 Å². The summed E-state index contributed by atoms with van der Waals surface area (Å²) < 4.78 is 12.0. The summed E-state index contributed by atoms with van der Waals surface area (Å²) in [5, 5.41) is 12.5. The van der Waals surface area contributed by atoms with Gasteiger partial charge in [0.1, 0.15) is 12.4 Å². The zero-order valence-electron chi connectivity index (χ0n) is 13.4. The lowest BCUT2D eigenvalue weighted by Crippen LogP contribution is -2.14. The third kappa shape index (κ3) is 2.60. The lowest BCUT2D eigenvalue weighted by Gasteiger charge is -2.07. The Balaban J connectivity index is 2.10. The molecule has 24 heavy (non-hydrogen) atoms. The van der Waals surface area contributed by atoms with E-state index in [1.54, 1.807) is 24.7 Å². The highest BCUT2D eigenvalue weighted by Gasteiger charge is 2.20. The Morgan fingerprint density at radius 2 is 2.08 bits per heavy atom. The first kappa shape index (κ1) is 15.7. The van der Waals surface area contributed by atoms with Crippen LogP contribution in [0.15, 0.2) is 43.1 Å². The molecule has 0 aliphatic rings. The van der Waals surface area contributed by atoms with E-state index in [-0.39, 0.29) is 12.3 Å². The first-order valence-corrected chi connectivity index (χ1v) is 7.29. The number of hydrogen-bond donors (Lipinski definition) is 0. The first-order valence-electron chi connectivity index (χ1n) is 7.29. The van der Waals surface area contributed by atoms with Crippen LogP contribution in [-0.4, -0.2) is 39.5 Å². The van der Waals surface area contributed by atoms with Crippen LogP contribution in [0.4, 0.5) is 0 Å². The van der Waals surface area contributed by atoms with Crippen molar-refractivity contribution in [3.8, 4) is 16.9 Å². The van der Waals surface area contributed by atoms with Crippen LogP contribution in [0.2, 0.25) is 0 Å². The molecule has 0 spiro atoms. The van der Waals surface area contributed by atoms with Crippen LogP contribution in [0.5, 0.6) is 5.75 Å². The molecule has 122 valence electrons. The molecule has 0 bridgehead atoms. The van der Waals surface area contributed by atoms with Crippen molar-refractivity contribution >= 4 is 11.6 Å². The largest absolute Gasteiger partial charge is 0.496 e. The Hall–Kier alpha value is -3.22. The Labute approximate surface area is 138 Å². The topological polar surface area (TPSA) is 78.6 Å². The number of aryl methyl sites for hydroxylation is 1. The number of carbonyl (C=O) groups is 1. The molecule has 3 rings (SSSR count). The average molecular weight is 324 g/mol. The number of benzene rings is 1. The number of carbonyl (C=O) groups excluding carboxylic acids is 1. The van der Waals surface area contributed by atoms with Gasteiger partial charge in [-0.05, 0) is 13.0 Å². The maximum absolute atomic E-state index is 12.0. The highest BCUT2D eigenvalue weighted by molar-refractivity contribution is 5.89. The number of fused-ring (bicyclic) bond motifs is 1. The highest BCUT2D eigenvalue weighted by Crippen LogP contribution is 2.31. The van der Waals surface area contributed by atoms with E-state index in [9.17, 15) is 4.79 Å². The van der Waals surface area contributed by atoms with Crippen molar-refractivity contribution in [2.45, 2.75) is 6.92 Å². The molecule has 0 unspecified atom stereocenters. The molecule has 0 atom stereocenters. The van der Waals surface area contributed by atoms with E-state index >= 15 is 0 Å². The molecule has 0 saturated heterocycles. The van der Waals surface area contributed by atoms with E-state index in [0.29, 0.717) is 17.1 Å². The van der Waals surface area contributed by atoms with E-state index in [1.165, 1.54) is 6.08 Å². The number of nitrogens with zero attached hydrogens (tertiary/aromatic N) is 4. The van der Waals surface area contributed by atoms with Crippen molar-refractivity contribution < 1.29 is 14.3 Å². The molecule has 2 aromatic heterocycles. The molecular formula is C17H16N4O3. The second-order valence-electron chi connectivity index (χ2n) is 5.02. The number of hydrogen-bond acceptors (Lipinski definition) is 6. The smallest absolute Gasteiger partial charge is 0.361 e. The third-order valence-corrected chi connectivity index (χ3v) is 3.57. The van der Waals surface area contributed by atoms with Gasteiger partial charge in [-0.2, -0.15) is 5.10 Å². The maximum atomic E-state index is 12.0. The predicted octanol–water partition coefficient (Wildman–Crippen LogP) is 2.45. The van der Waals surface area contributed by atoms with Gasteiger partial charge in [0, 0.05) is 5.56 Å². The van der Waals surface area contributed by atoms with E-state index in [1.807, 2.05) is 24.3 Å². The Morgan fingerprint density at radius 3 is 2.83 bits per heavy atom. The van der Waals surface area contributed by atoms with Gasteiger partial charge in [-0.1, -0.05) is 30.9 Å². The van der Waals surface area contributed by atoms with Crippen molar-refractivity contribution in [2.24, 2.45) is 0 Å². The fourth-order valence-electron chi connectivity index (χ4n) is 2.40. The quantitative estimate of drug-likeness (QED) is 0.530. The van der Waals surface area contributed by atoms with Crippen molar-refractivity contribution in [2.75, 3.05) is 13.7 Å². The van der Waals surface area contributed by atoms with Gasteiger partial charge in [0.25, 0.3) is 0 Å². The summed E-state index contributed by atoms with van der Waals surface area (Å²) in [6, 6.07) is 7.57. The van der Waals surface area contributed by atoms with Crippen LogP contribution >= 0.6 is 0 Å². The van der Waals surface area contributed by atoms with Gasteiger partial charge in [0.2, 0.25) is 0 Å². The van der Waals surface area contributed by atoms with Crippen LogP contribution in [0.25, 0.3) is 16.8 Å². The summed E-state index contributed by atoms with van der Waals surface area (Å²) >= 11 is 0. The maximum Gasteiger partial charge on any atom is 0.361 e. The van der Waals surface area contributed by atoms with Crippen molar-refractivity contribution in [3.05, 3.63) is 54.5 Å². The molecule has 0 saturated carbocycles. The Kier molecular flexibility index (Phi) is 4.24. The average Bonchev–Trinajstić information content (AvgIpc) is 3.04. The van der Waals surface area contributed by atoms with Gasteiger partial charge in [-0.25, -0.2) is 9.31 Å². The predicted molar refractivity (Wildman–Crippen MR) is 88.0 cm³/mol. The van der Waals surface area contributed by atoms with Crippen LogP contribution in [0.1, 0.15) is 16.2 Å². The molecule has 0 aliphatic heterocycles. The summed E-state index contributed by atoms with van der Waals surface area (Å²) in [6.07, 6.45) is 3.17. The van der Waals surface area contributed by atoms with Gasteiger partial charge in [0.15, 0.2) is 11.3 Å².